The van der Waals surface area contributed by atoms with E-state index in [0.717, 1.165) is 42.2 Å². The summed E-state index contributed by atoms with van der Waals surface area (Å²) in [7, 11) is 0. The quantitative estimate of drug-likeness (QED) is 0.158. The van der Waals surface area contributed by atoms with E-state index >= 15 is 0 Å². The van der Waals surface area contributed by atoms with Crippen LogP contribution in [-0.4, -0.2) is 35.7 Å². The molecule has 33 heavy (non-hydrogen) atoms. The highest BCUT2D eigenvalue weighted by Gasteiger charge is 2.20. The van der Waals surface area contributed by atoms with Gasteiger partial charge in [0.05, 0.1) is 12.2 Å². The van der Waals surface area contributed by atoms with Crippen LogP contribution in [-0.2, 0) is 11.2 Å². The van der Waals surface area contributed by atoms with Crippen molar-refractivity contribution in [3.05, 3.63) is 52.4 Å². The highest BCUT2D eigenvalue weighted by atomic mass is 32.1. The summed E-state index contributed by atoms with van der Waals surface area (Å²) in [5, 5.41) is 4.91. The molecule has 0 aliphatic heterocycles. The van der Waals surface area contributed by atoms with E-state index in [0.29, 0.717) is 17.3 Å². The highest BCUT2D eigenvalue weighted by molar-refractivity contribution is 7.80. The molecule has 182 valence electrons. The van der Waals surface area contributed by atoms with Gasteiger partial charge in [-0.1, -0.05) is 82.7 Å². The lowest BCUT2D eigenvalue weighted by molar-refractivity contribution is 0.0528. The van der Waals surface area contributed by atoms with Crippen molar-refractivity contribution in [2.75, 3.05) is 25.0 Å². The van der Waals surface area contributed by atoms with Gasteiger partial charge in [0, 0.05) is 24.4 Å². The van der Waals surface area contributed by atoms with Gasteiger partial charge in [-0.25, -0.2) is 4.79 Å². The molecule has 0 aliphatic carbocycles. The molecule has 0 saturated carbocycles. The lowest BCUT2D eigenvalue weighted by Crippen LogP contribution is -2.36. The number of unbranched alkanes of at least 4 members (excludes halogenated alkanes) is 6. The number of hydrogen-bond donors (Lipinski definition) is 1. The SMILES string of the molecule is CCCCCCN(CCCCCC)C(=S)Nc1sc(Cc2ccccc2)cc1C(=O)OCC. The van der Waals surface area contributed by atoms with Gasteiger partial charge in [0.2, 0.25) is 0 Å². The van der Waals surface area contributed by atoms with Crippen LogP contribution in [0.15, 0.2) is 36.4 Å². The summed E-state index contributed by atoms with van der Waals surface area (Å²) in [6.45, 7) is 8.56. The van der Waals surface area contributed by atoms with Gasteiger partial charge in [-0.3, -0.25) is 0 Å². The molecule has 0 atom stereocenters. The Kier molecular flexibility index (Phi) is 13.1. The first-order valence-electron chi connectivity index (χ1n) is 12.5. The van der Waals surface area contributed by atoms with E-state index in [1.807, 2.05) is 31.2 Å². The number of benzene rings is 1. The number of anilines is 1. The first-order chi connectivity index (χ1) is 16.1. The van der Waals surface area contributed by atoms with Crippen molar-refractivity contribution in [2.45, 2.75) is 78.6 Å². The Labute approximate surface area is 209 Å². The monoisotopic (exact) mass is 488 g/mol. The molecule has 0 saturated heterocycles. The fourth-order valence-corrected chi connectivity index (χ4v) is 5.16. The molecule has 2 rings (SSSR count). The second-order valence-electron chi connectivity index (χ2n) is 8.38. The number of carbonyl (C=O) groups excluding carboxylic acids is 1. The molecule has 1 aromatic heterocycles. The number of hydrogen-bond acceptors (Lipinski definition) is 4. The van der Waals surface area contributed by atoms with Crippen LogP contribution in [0, 0.1) is 0 Å². The van der Waals surface area contributed by atoms with Crippen LogP contribution in [0.1, 0.15) is 92.9 Å². The standard InChI is InChI=1S/C27H40N2O2S2/c1-4-7-9-14-18-29(19-15-10-8-5-2)27(32)28-25-24(26(30)31-6-3)21-23(33-25)20-22-16-12-11-13-17-22/h11-13,16-17,21H,4-10,14-15,18-20H2,1-3H3,(H,28,32). The van der Waals surface area contributed by atoms with E-state index in [2.05, 4.69) is 36.2 Å². The largest absolute Gasteiger partial charge is 0.462 e. The molecule has 0 spiro atoms. The van der Waals surface area contributed by atoms with E-state index in [1.165, 1.54) is 44.1 Å². The lowest BCUT2D eigenvalue weighted by Gasteiger charge is -2.26. The van der Waals surface area contributed by atoms with Gasteiger partial charge < -0.3 is 15.0 Å². The van der Waals surface area contributed by atoms with Crippen LogP contribution in [0.3, 0.4) is 0 Å². The van der Waals surface area contributed by atoms with Crippen molar-refractivity contribution < 1.29 is 9.53 Å². The zero-order valence-corrected chi connectivity index (χ0v) is 22.2. The maximum absolute atomic E-state index is 12.7. The second kappa shape index (κ2) is 15.8. The fraction of sp³-hybridized carbons (Fsp3) is 0.556. The van der Waals surface area contributed by atoms with Crippen LogP contribution in [0.25, 0.3) is 0 Å². The first kappa shape index (κ1) is 27.3. The number of rotatable bonds is 15. The van der Waals surface area contributed by atoms with Crippen molar-refractivity contribution in [3.8, 4) is 0 Å². The molecule has 4 nitrogen and oxygen atoms in total. The van der Waals surface area contributed by atoms with Crippen molar-refractivity contribution in [1.29, 1.82) is 0 Å². The van der Waals surface area contributed by atoms with Gasteiger partial charge in [0.15, 0.2) is 5.11 Å². The molecular weight excluding hydrogens is 448 g/mol. The minimum absolute atomic E-state index is 0.296. The molecule has 2 aromatic rings. The zero-order valence-electron chi connectivity index (χ0n) is 20.5. The third-order valence-corrected chi connectivity index (χ3v) is 6.98. The normalized spacial score (nSPS) is 10.8. The molecule has 1 N–H and O–H groups in total. The van der Waals surface area contributed by atoms with Crippen molar-refractivity contribution in [3.63, 3.8) is 0 Å². The second-order valence-corrected chi connectivity index (χ2v) is 9.90. The topological polar surface area (TPSA) is 41.6 Å². The van der Waals surface area contributed by atoms with E-state index in [-0.39, 0.29) is 5.97 Å². The summed E-state index contributed by atoms with van der Waals surface area (Å²) in [6, 6.07) is 12.3. The number of thiocarbonyl (C=S) groups is 1. The van der Waals surface area contributed by atoms with Gasteiger partial charge >= 0.3 is 5.97 Å². The number of nitrogens with one attached hydrogen (secondary N) is 1. The van der Waals surface area contributed by atoms with E-state index in [4.69, 9.17) is 17.0 Å². The van der Waals surface area contributed by atoms with Crippen LogP contribution in [0.5, 0.6) is 0 Å². The van der Waals surface area contributed by atoms with E-state index < -0.39 is 0 Å². The summed E-state index contributed by atoms with van der Waals surface area (Å²) < 4.78 is 5.33. The number of ether oxygens (including phenoxy) is 1. The molecule has 0 amide bonds. The number of thiophene rings is 1. The van der Waals surface area contributed by atoms with Crippen LogP contribution < -0.4 is 5.32 Å². The van der Waals surface area contributed by atoms with Crippen LogP contribution in [0.4, 0.5) is 5.00 Å². The first-order valence-corrected chi connectivity index (χ1v) is 13.7. The van der Waals surface area contributed by atoms with Crippen molar-refractivity contribution in [1.82, 2.24) is 4.90 Å². The molecule has 1 heterocycles. The van der Waals surface area contributed by atoms with Gasteiger partial charge in [-0.2, -0.15) is 0 Å². The van der Waals surface area contributed by atoms with E-state index in [1.54, 1.807) is 11.3 Å². The molecule has 1 aromatic carbocycles. The Morgan fingerprint density at radius 2 is 1.61 bits per heavy atom. The smallest absolute Gasteiger partial charge is 0.341 e. The third kappa shape index (κ3) is 9.85. The Morgan fingerprint density at radius 1 is 0.970 bits per heavy atom. The predicted molar refractivity (Wildman–Crippen MR) is 146 cm³/mol. The lowest BCUT2D eigenvalue weighted by atomic mass is 10.1. The third-order valence-electron chi connectivity index (χ3n) is 5.57. The van der Waals surface area contributed by atoms with Gasteiger partial charge in [0.25, 0.3) is 0 Å². The minimum atomic E-state index is -0.296. The van der Waals surface area contributed by atoms with Gasteiger partial charge in [-0.05, 0) is 43.6 Å². The Morgan fingerprint density at radius 3 is 2.18 bits per heavy atom. The summed E-state index contributed by atoms with van der Waals surface area (Å²) in [6.07, 6.45) is 10.5. The van der Waals surface area contributed by atoms with Gasteiger partial charge in [0.1, 0.15) is 5.00 Å². The molecule has 6 heteroatoms. The number of nitrogens with zero attached hydrogens (tertiary/aromatic N) is 1. The number of esters is 1. The van der Waals surface area contributed by atoms with Crippen LogP contribution >= 0.6 is 23.6 Å². The Bertz CT molecular complexity index is 824. The summed E-state index contributed by atoms with van der Waals surface area (Å²) in [5.74, 6) is -0.296. The maximum Gasteiger partial charge on any atom is 0.341 e. The highest BCUT2D eigenvalue weighted by Crippen LogP contribution is 2.31. The summed E-state index contributed by atoms with van der Waals surface area (Å²) >= 11 is 7.42. The minimum Gasteiger partial charge on any atom is -0.462 e. The molecular formula is C27H40N2O2S2. The average Bonchev–Trinajstić information content (AvgIpc) is 3.20. The van der Waals surface area contributed by atoms with Crippen molar-refractivity contribution in [2.24, 2.45) is 0 Å². The Hall–Kier alpha value is -1.92. The molecule has 0 fully saturated rings. The molecule has 0 aliphatic rings. The molecule has 0 radical (unpaired) electrons. The average molecular weight is 489 g/mol. The predicted octanol–water partition coefficient (Wildman–Crippen LogP) is 7.68. The van der Waals surface area contributed by atoms with E-state index in [9.17, 15) is 4.79 Å². The summed E-state index contributed by atoms with van der Waals surface area (Å²) in [5.41, 5.74) is 1.80. The van der Waals surface area contributed by atoms with Gasteiger partial charge in [-0.15, -0.1) is 11.3 Å². The maximum atomic E-state index is 12.7. The Balaban J connectivity index is 2.14. The summed E-state index contributed by atoms with van der Waals surface area (Å²) in [4.78, 5) is 16.1. The molecule has 0 unspecified atom stereocenters. The molecule has 0 bridgehead atoms. The van der Waals surface area contributed by atoms with Crippen LogP contribution in [0.2, 0.25) is 0 Å². The van der Waals surface area contributed by atoms with Crippen molar-refractivity contribution >= 4 is 39.6 Å². The fourth-order valence-electron chi connectivity index (χ4n) is 3.73. The number of carbonyl (C=O) groups is 1. The zero-order chi connectivity index (χ0) is 23.9.